The first-order chi connectivity index (χ1) is 17.6. The van der Waals surface area contributed by atoms with Gasteiger partial charge in [0, 0.05) is 18.2 Å². The van der Waals surface area contributed by atoms with Gasteiger partial charge in [-0.05, 0) is 35.7 Å². The summed E-state index contributed by atoms with van der Waals surface area (Å²) in [5.74, 6) is 0.119. The van der Waals surface area contributed by atoms with Crippen LogP contribution in [0, 0.1) is 10.1 Å². The molecule has 5 aromatic rings. The first kappa shape index (κ1) is 22.8. The van der Waals surface area contributed by atoms with Crippen molar-refractivity contribution in [3.63, 3.8) is 0 Å². The van der Waals surface area contributed by atoms with Crippen LogP contribution in [0.2, 0.25) is 0 Å². The van der Waals surface area contributed by atoms with Crippen LogP contribution in [-0.4, -0.2) is 20.6 Å². The normalized spacial score (nSPS) is 11.7. The lowest BCUT2D eigenvalue weighted by molar-refractivity contribution is -0.384. The summed E-state index contributed by atoms with van der Waals surface area (Å²) in [6.45, 7) is 0. The van der Waals surface area contributed by atoms with Gasteiger partial charge in [-0.2, -0.15) is 5.10 Å². The minimum Gasteiger partial charge on any atom is -0.463 e. The van der Waals surface area contributed by atoms with Crippen molar-refractivity contribution in [2.24, 2.45) is 0 Å². The molecule has 1 amide bonds. The number of nitro groups is 1. The Morgan fingerprint density at radius 1 is 0.944 bits per heavy atom. The Labute approximate surface area is 207 Å². The molecule has 0 radical (unpaired) electrons. The molecular weight excluding hydrogens is 456 g/mol. The van der Waals surface area contributed by atoms with Crippen LogP contribution >= 0.6 is 0 Å². The topological polar surface area (TPSA) is 103 Å². The average molecular weight is 479 g/mol. The van der Waals surface area contributed by atoms with E-state index in [0.717, 1.165) is 11.1 Å². The number of benzene rings is 3. The number of nitro benzene ring substituents is 1. The Balaban J connectivity index is 1.53. The molecule has 0 aliphatic rings. The van der Waals surface area contributed by atoms with Gasteiger partial charge in [0.25, 0.3) is 11.6 Å². The number of nitrogens with zero attached hydrogens (tertiary/aromatic N) is 3. The van der Waals surface area contributed by atoms with Crippen molar-refractivity contribution in [2.45, 2.75) is 12.5 Å². The number of non-ortho nitro benzene ring substituents is 1. The second-order valence-corrected chi connectivity index (χ2v) is 8.21. The third-order valence-electron chi connectivity index (χ3n) is 5.79. The molecule has 2 aromatic heterocycles. The van der Waals surface area contributed by atoms with Crippen molar-refractivity contribution in [3.8, 4) is 17.1 Å². The average Bonchev–Trinajstić information content (AvgIpc) is 3.60. The van der Waals surface area contributed by atoms with Gasteiger partial charge < -0.3 is 9.73 Å². The maximum absolute atomic E-state index is 13.7. The summed E-state index contributed by atoms with van der Waals surface area (Å²) in [4.78, 5) is 24.6. The van der Waals surface area contributed by atoms with Crippen LogP contribution in [0.25, 0.3) is 17.1 Å². The standard InChI is InChI=1S/C28H22N4O4/c33-28(29-24(21-11-5-2-6-12-21)17-20-9-3-1-4-10-20)26-19-25(27-15-8-16-36-27)30-31(26)22-13-7-14-23(18-22)32(34)35/h1-16,18-19,24H,17H2,(H,29,33). The van der Waals surface area contributed by atoms with Crippen LogP contribution < -0.4 is 5.32 Å². The highest BCUT2D eigenvalue weighted by Gasteiger charge is 2.23. The summed E-state index contributed by atoms with van der Waals surface area (Å²) < 4.78 is 6.89. The molecule has 0 saturated heterocycles. The van der Waals surface area contributed by atoms with E-state index in [2.05, 4.69) is 10.4 Å². The third kappa shape index (κ3) is 4.92. The highest BCUT2D eigenvalue weighted by Crippen LogP contribution is 2.25. The number of hydrogen-bond donors (Lipinski definition) is 1. The van der Waals surface area contributed by atoms with E-state index in [1.165, 1.54) is 23.1 Å². The molecule has 3 aromatic carbocycles. The van der Waals surface area contributed by atoms with E-state index < -0.39 is 4.92 Å². The molecule has 8 nitrogen and oxygen atoms in total. The van der Waals surface area contributed by atoms with Crippen molar-refractivity contribution in [1.82, 2.24) is 15.1 Å². The van der Waals surface area contributed by atoms with Gasteiger partial charge in [-0.3, -0.25) is 14.9 Å². The van der Waals surface area contributed by atoms with Crippen LogP contribution in [0.4, 0.5) is 5.69 Å². The second kappa shape index (κ2) is 10.1. The van der Waals surface area contributed by atoms with Crippen LogP contribution in [0.5, 0.6) is 0 Å². The van der Waals surface area contributed by atoms with E-state index in [-0.39, 0.29) is 23.3 Å². The van der Waals surface area contributed by atoms with Crippen molar-refractivity contribution >= 4 is 11.6 Å². The number of nitrogens with one attached hydrogen (secondary N) is 1. The van der Waals surface area contributed by atoms with E-state index in [9.17, 15) is 14.9 Å². The number of aromatic nitrogens is 2. The quantitative estimate of drug-likeness (QED) is 0.226. The number of furan rings is 1. The van der Waals surface area contributed by atoms with Crippen molar-refractivity contribution in [1.29, 1.82) is 0 Å². The predicted molar refractivity (Wildman–Crippen MR) is 135 cm³/mol. The van der Waals surface area contributed by atoms with E-state index in [1.54, 1.807) is 30.3 Å². The first-order valence-electron chi connectivity index (χ1n) is 11.4. The Kier molecular flexibility index (Phi) is 6.40. The number of carbonyl (C=O) groups excluding carboxylic acids is 1. The van der Waals surface area contributed by atoms with Gasteiger partial charge in [0.2, 0.25) is 0 Å². The molecule has 8 heteroatoms. The smallest absolute Gasteiger partial charge is 0.271 e. The molecule has 0 bridgehead atoms. The van der Waals surface area contributed by atoms with Gasteiger partial charge in [0.05, 0.1) is 22.9 Å². The van der Waals surface area contributed by atoms with E-state index in [4.69, 9.17) is 4.42 Å². The minimum absolute atomic E-state index is 0.0971. The summed E-state index contributed by atoms with van der Waals surface area (Å²) in [6.07, 6.45) is 2.11. The third-order valence-corrected chi connectivity index (χ3v) is 5.79. The van der Waals surface area contributed by atoms with Crippen LogP contribution in [0.1, 0.15) is 27.7 Å². The fourth-order valence-electron chi connectivity index (χ4n) is 4.04. The fourth-order valence-corrected chi connectivity index (χ4v) is 4.04. The van der Waals surface area contributed by atoms with E-state index in [0.29, 0.717) is 23.6 Å². The molecule has 0 fully saturated rings. The maximum Gasteiger partial charge on any atom is 0.271 e. The lowest BCUT2D eigenvalue weighted by Gasteiger charge is -2.20. The maximum atomic E-state index is 13.7. The molecule has 1 N–H and O–H groups in total. The molecule has 1 unspecified atom stereocenters. The molecular formula is C28H22N4O4. The minimum atomic E-state index is -0.481. The van der Waals surface area contributed by atoms with Gasteiger partial charge in [0.1, 0.15) is 11.4 Å². The molecule has 2 heterocycles. The van der Waals surface area contributed by atoms with Gasteiger partial charge in [-0.1, -0.05) is 66.7 Å². The summed E-state index contributed by atoms with van der Waals surface area (Å²) in [6, 6.07) is 30.4. The van der Waals surface area contributed by atoms with Crippen LogP contribution in [-0.2, 0) is 6.42 Å². The van der Waals surface area contributed by atoms with Gasteiger partial charge >= 0.3 is 0 Å². The largest absolute Gasteiger partial charge is 0.463 e. The Hall–Kier alpha value is -4.98. The molecule has 0 saturated carbocycles. The second-order valence-electron chi connectivity index (χ2n) is 8.21. The summed E-state index contributed by atoms with van der Waals surface area (Å²) in [7, 11) is 0. The lowest BCUT2D eigenvalue weighted by atomic mass is 9.98. The fraction of sp³-hybridized carbons (Fsp3) is 0.0714. The predicted octanol–water partition coefficient (Wildman–Crippen LogP) is 5.75. The van der Waals surface area contributed by atoms with Crippen molar-refractivity contribution in [2.75, 3.05) is 0 Å². The first-order valence-corrected chi connectivity index (χ1v) is 11.4. The summed E-state index contributed by atoms with van der Waals surface area (Å²) in [5, 5.41) is 19.0. The van der Waals surface area contributed by atoms with E-state index in [1.807, 2.05) is 60.7 Å². The molecule has 0 aliphatic heterocycles. The molecule has 0 aliphatic carbocycles. The zero-order chi connectivity index (χ0) is 24.9. The highest BCUT2D eigenvalue weighted by molar-refractivity contribution is 5.94. The summed E-state index contributed by atoms with van der Waals surface area (Å²) in [5.41, 5.74) is 3.01. The Morgan fingerprint density at radius 3 is 2.39 bits per heavy atom. The van der Waals surface area contributed by atoms with Crippen LogP contribution in [0.3, 0.4) is 0 Å². The van der Waals surface area contributed by atoms with Crippen LogP contribution in [0.15, 0.2) is 114 Å². The monoisotopic (exact) mass is 478 g/mol. The highest BCUT2D eigenvalue weighted by atomic mass is 16.6. The Bertz CT molecular complexity index is 1480. The number of rotatable bonds is 8. The molecule has 178 valence electrons. The zero-order valence-corrected chi connectivity index (χ0v) is 19.2. The van der Waals surface area contributed by atoms with Crippen molar-refractivity contribution < 1.29 is 14.1 Å². The van der Waals surface area contributed by atoms with Crippen molar-refractivity contribution in [3.05, 3.63) is 136 Å². The molecule has 5 rings (SSSR count). The zero-order valence-electron chi connectivity index (χ0n) is 19.2. The van der Waals surface area contributed by atoms with E-state index >= 15 is 0 Å². The molecule has 36 heavy (non-hydrogen) atoms. The van der Waals surface area contributed by atoms with Gasteiger partial charge in [-0.25, -0.2) is 4.68 Å². The number of hydrogen-bond acceptors (Lipinski definition) is 5. The number of amides is 1. The Morgan fingerprint density at radius 2 is 1.69 bits per heavy atom. The SMILES string of the molecule is O=C(NC(Cc1ccccc1)c1ccccc1)c1cc(-c2ccco2)nn1-c1cccc([N+](=O)[O-])c1. The molecule has 0 spiro atoms. The lowest BCUT2D eigenvalue weighted by Crippen LogP contribution is -2.31. The summed E-state index contributed by atoms with van der Waals surface area (Å²) >= 11 is 0. The molecule has 1 atom stereocenters. The van der Waals surface area contributed by atoms with Gasteiger partial charge in [-0.15, -0.1) is 0 Å². The van der Waals surface area contributed by atoms with Gasteiger partial charge in [0.15, 0.2) is 5.76 Å². The number of carbonyl (C=O) groups is 1.